The molecule has 1 aromatic heterocycles. The fourth-order valence-corrected chi connectivity index (χ4v) is 3.88. The number of carbonyl (C=O) groups is 1. The van der Waals surface area contributed by atoms with Gasteiger partial charge in [-0.05, 0) is 30.4 Å². The number of carbonyl (C=O) groups excluding carboxylic acids is 1. The summed E-state index contributed by atoms with van der Waals surface area (Å²) in [7, 11) is 1.43. The van der Waals surface area contributed by atoms with Crippen LogP contribution in [0.25, 0.3) is 0 Å². The van der Waals surface area contributed by atoms with Gasteiger partial charge in [0.2, 0.25) is 0 Å². The quantitative estimate of drug-likeness (QED) is 0.845. The van der Waals surface area contributed by atoms with Gasteiger partial charge in [-0.1, -0.05) is 26.7 Å². The summed E-state index contributed by atoms with van der Waals surface area (Å²) in [5, 5.41) is 3.70. The molecule has 0 spiro atoms. The van der Waals surface area contributed by atoms with Crippen molar-refractivity contribution in [1.29, 1.82) is 0 Å². The third-order valence-electron chi connectivity index (χ3n) is 4.29. The Bertz CT molecular complexity index is 453. The highest BCUT2D eigenvalue weighted by molar-refractivity contribution is 7.12. The van der Waals surface area contributed by atoms with Crippen LogP contribution in [0.3, 0.4) is 0 Å². The van der Waals surface area contributed by atoms with Gasteiger partial charge in [0.05, 0.1) is 13.5 Å². The molecule has 0 amide bonds. The lowest BCUT2D eigenvalue weighted by atomic mass is 9.73. The van der Waals surface area contributed by atoms with Crippen LogP contribution in [0.2, 0.25) is 0 Å². The predicted molar refractivity (Wildman–Crippen MR) is 82.9 cm³/mol. The first-order valence-corrected chi connectivity index (χ1v) is 8.21. The van der Waals surface area contributed by atoms with Gasteiger partial charge in [0.25, 0.3) is 0 Å². The molecule has 2 rings (SSSR count). The number of esters is 1. The number of ether oxygens (including phenoxy) is 1. The molecule has 1 heterocycles. The largest absolute Gasteiger partial charge is 0.469 e. The molecule has 1 aliphatic rings. The third-order valence-corrected chi connectivity index (χ3v) is 5.38. The average Bonchev–Trinajstić information content (AvgIpc) is 2.84. The van der Waals surface area contributed by atoms with E-state index in [0.29, 0.717) is 17.9 Å². The Balaban J connectivity index is 1.86. The molecule has 112 valence electrons. The van der Waals surface area contributed by atoms with Crippen molar-refractivity contribution < 1.29 is 9.53 Å². The van der Waals surface area contributed by atoms with Crippen molar-refractivity contribution in [1.82, 2.24) is 5.32 Å². The van der Waals surface area contributed by atoms with Crippen molar-refractivity contribution in [3.8, 4) is 0 Å². The van der Waals surface area contributed by atoms with Crippen molar-refractivity contribution in [3.05, 3.63) is 21.9 Å². The molecule has 4 heteroatoms. The van der Waals surface area contributed by atoms with E-state index in [9.17, 15) is 4.79 Å². The van der Waals surface area contributed by atoms with Gasteiger partial charge in [0.1, 0.15) is 0 Å². The standard InChI is InChI=1S/C16H25NO2S/c1-16(2)9-5-4-6-14(16)17-11-13-8-7-12(20-13)10-15(18)19-3/h7-8,14,17H,4-6,9-11H2,1-3H3. The smallest absolute Gasteiger partial charge is 0.310 e. The molecule has 0 aromatic carbocycles. The van der Waals surface area contributed by atoms with Crippen LogP contribution in [0.4, 0.5) is 0 Å². The Morgan fingerprint density at radius 1 is 1.40 bits per heavy atom. The summed E-state index contributed by atoms with van der Waals surface area (Å²) in [5.74, 6) is -0.167. The molecule has 0 bridgehead atoms. The number of nitrogens with one attached hydrogen (secondary N) is 1. The summed E-state index contributed by atoms with van der Waals surface area (Å²) in [4.78, 5) is 13.6. The van der Waals surface area contributed by atoms with E-state index in [0.717, 1.165) is 11.4 Å². The minimum Gasteiger partial charge on any atom is -0.469 e. The van der Waals surface area contributed by atoms with E-state index in [4.69, 9.17) is 4.74 Å². The maximum Gasteiger partial charge on any atom is 0.310 e. The lowest BCUT2D eigenvalue weighted by molar-refractivity contribution is -0.139. The highest BCUT2D eigenvalue weighted by Gasteiger charge is 2.31. The fraction of sp³-hybridized carbons (Fsp3) is 0.688. The summed E-state index contributed by atoms with van der Waals surface area (Å²) in [5.41, 5.74) is 0.393. The number of thiophene rings is 1. The molecule has 1 unspecified atom stereocenters. The minimum atomic E-state index is -0.167. The molecule has 1 atom stereocenters. The van der Waals surface area contributed by atoms with Crippen molar-refractivity contribution >= 4 is 17.3 Å². The Hall–Kier alpha value is -0.870. The van der Waals surface area contributed by atoms with Crippen LogP contribution in [0.15, 0.2) is 12.1 Å². The molecular weight excluding hydrogens is 270 g/mol. The van der Waals surface area contributed by atoms with Gasteiger partial charge in [-0.15, -0.1) is 11.3 Å². The zero-order chi connectivity index (χ0) is 14.6. The Kier molecular flexibility index (Phi) is 5.22. The first kappa shape index (κ1) is 15.5. The molecule has 3 nitrogen and oxygen atoms in total. The van der Waals surface area contributed by atoms with Crippen LogP contribution in [-0.2, 0) is 22.5 Å². The van der Waals surface area contributed by atoms with Gasteiger partial charge in [0, 0.05) is 22.3 Å². The van der Waals surface area contributed by atoms with Crippen molar-refractivity contribution in [2.45, 2.75) is 58.5 Å². The lowest BCUT2D eigenvalue weighted by Crippen LogP contribution is -2.43. The predicted octanol–water partition coefficient (Wildman–Crippen LogP) is 3.52. The molecule has 0 aliphatic heterocycles. The molecule has 0 radical (unpaired) electrons. The Morgan fingerprint density at radius 3 is 2.85 bits per heavy atom. The van der Waals surface area contributed by atoms with E-state index in [1.54, 1.807) is 11.3 Å². The summed E-state index contributed by atoms with van der Waals surface area (Å²) < 4.78 is 4.70. The second-order valence-electron chi connectivity index (χ2n) is 6.29. The van der Waals surface area contributed by atoms with Crippen LogP contribution >= 0.6 is 11.3 Å². The Labute approximate surface area is 125 Å². The monoisotopic (exact) mass is 295 g/mol. The van der Waals surface area contributed by atoms with Crippen molar-refractivity contribution in [3.63, 3.8) is 0 Å². The van der Waals surface area contributed by atoms with Gasteiger partial charge >= 0.3 is 5.97 Å². The maximum absolute atomic E-state index is 11.2. The topological polar surface area (TPSA) is 38.3 Å². The number of methoxy groups -OCH3 is 1. The third kappa shape index (κ3) is 4.06. The molecule has 1 saturated carbocycles. The van der Waals surface area contributed by atoms with Crippen molar-refractivity contribution in [2.75, 3.05) is 7.11 Å². The molecule has 1 N–H and O–H groups in total. The first-order chi connectivity index (χ1) is 9.51. The van der Waals surface area contributed by atoms with E-state index in [1.807, 2.05) is 6.07 Å². The van der Waals surface area contributed by atoms with Gasteiger partial charge < -0.3 is 10.1 Å². The summed E-state index contributed by atoms with van der Waals surface area (Å²) in [6, 6.07) is 4.75. The molecule has 1 aliphatic carbocycles. The second-order valence-corrected chi connectivity index (χ2v) is 7.54. The zero-order valence-corrected chi connectivity index (χ0v) is 13.5. The number of hydrogen-bond acceptors (Lipinski definition) is 4. The molecule has 1 aromatic rings. The van der Waals surface area contributed by atoms with Gasteiger partial charge in [-0.25, -0.2) is 0 Å². The normalized spacial score (nSPS) is 21.6. The van der Waals surface area contributed by atoms with Gasteiger partial charge in [-0.3, -0.25) is 4.79 Å². The van der Waals surface area contributed by atoms with E-state index in [-0.39, 0.29) is 5.97 Å². The van der Waals surface area contributed by atoms with Crippen LogP contribution in [0.5, 0.6) is 0 Å². The van der Waals surface area contributed by atoms with Gasteiger partial charge in [0.15, 0.2) is 0 Å². The molecule has 0 saturated heterocycles. The highest BCUT2D eigenvalue weighted by atomic mass is 32.1. The molecular formula is C16H25NO2S. The minimum absolute atomic E-state index is 0.167. The maximum atomic E-state index is 11.2. The summed E-state index contributed by atoms with van der Waals surface area (Å²) >= 11 is 1.70. The summed E-state index contributed by atoms with van der Waals surface area (Å²) in [6.45, 7) is 5.63. The fourth-order valence-electron chi connectivity index (χ4n) is 2.92. The first-order valence-electron chi connectivity index (χ1n) is 7.39. The number of rotatable bonds is 5. The van der Waals surface area contributed by atoms with Gasteiger partial charge in [-0.2, -0.15) is 0 Å². The Morgan fingerprint density at radius 2 is 2.15 bits per heavy atom. The zero-order valence-electron chi connectivity index (χ0n) is 12.7. The SMILES string of the molecule is COC(=O)Cc1ccc(CNC2CCCCC2(C)C)s1. The van der Waals surface area contributed by atoms with E-state index < -0.39 is 0 Å². The average molecular weight is 295 g/mol. The lowest BCUT2D eigenvalue weighted by Gasteiger charge is -2.39. The van der Waals surface area contributed by atoms with Crippen LogP contribution < -0.4 is 5.32 Å². The number of hydrogen-bond donors (Lipinski definition) is 1. The van der Waals surface area contributed by atoms with E-state index in [1.165, 1.54) is 37.7 Å². The van der Waals surface area contributed by atoms with Crippen LogP contribution in [0.1, 0.15) is 49.3 Å². The second kappa shape index (κ2) is 6.72. The van der Waals surface area contributed by atoms with Crippen molar-refractivity contribution in [2.24, 2.45) is 5.41 Å². The van der Waals surface area contributed by atoms with Crippen LogP contribution in [-0.4, -0.2) is 19.1 Å². The molecule has 20 heavy (non-hydrogen) atoms. The molecule has 1 fully saturated rings. The van der Waals surface area contributed by atoms with E-state index in [2.05, 4.69) is 25.2 Å². The van der Waals surface area contributed by atoms with Crippen LogP contribution in [0, 0.1) is 5.41 Å². The summed E-state index contributed by atoms with van der Waals surface area (Å²) in [6.07, 6.45) is 5.65. The highest BCUT2D eigenvalue weighted by Crippen LogP contribution is 2.35. The van der Waals surface area contributed by atoms with E-state index >= 15 is 0 Å².